The van der Waals surface area contributed by atoms with Crippen molar-refractivity contribution >= 4 is 16.8 Å². The molecule has 0 saturated carbocycles. The predicted molar refractivity (Wildman–Crippen MR) is 119 cm³/mol. The van der Waals surface area contributed by atoms with E-state index in [2.05, 4.69) is 25.3 Å². The third-order valence-corrected chi connectivity index (χ3v) is 5.97. The van der Waals surface area contributed by atoms with Gasteiger partial charge in [0.2, 0.25) is 5.91 Å². The second-order valence-electron chi connectivity index (χ2n) is 8.34. The Morgan fingerprint density at radius 1 is 1.34 bits per heavy atom. The fraction of sp³-hybridized carbons (Fsp3) is 0.292. The minimum absolute atomic E-state index is 0.0353. The van der Waals surface area contributed by atoms with Crippen molar-refractivity contribution in [2.45, 2.75) is 25.4 Å². The molecular weight excluding hydrogens is 407 g/mol. The van der Waals surface area contributed by atoms with Gasteiger partial charge in [-0.2, -0.15) is 5.10 Å². The van der Waals surface area contributed by atoms with Gasteiger partial charge in [0, 0.05) is 74.5 Å². The van der Waals surface area contributed by atoms with Crippen molar-refractivity contribution in [3.05, 3.63) is 83.3 Å². The number of pyridine rings is 1. The van der Waals surface area contributed by atoms with Crippen molar-refractivity contribution in [1.82, 2.24) is 30.0 Å². The van der Waals surface area contributed by atoms with E-state index < -0.39 is 0 Å². The summed E-state index contributed by atoms with van der Waals surface area (Å²) < 4.78 is 15.4. The van der Waals surface area contributed by atoms with Crippen molar-refractivity contribution < 1.29 is 9.18 Å². The second-order valence-corrected chi connectivity index (χ2v) is 8.34. The van der Waals surface area contributed by atoms with Crippen molar-refractivity contribution in [2.75, 3.05) is 13.1 Å². The van der Waals surface area contributed by atoms with Crippen LogP contribution in [0.1, 0.15) is 28.3 Å². The van der Waals surface area contributed by atoms with Crippen LogP contribution in [0.15, 0.2) is 55.1 Å². The van der Waals surface area contributed by atoms with Gasteiger partial charge in [0.15, 0.2) is 0 Å². The Kier molecular flexibility index (Phi) is 5.45. The molecule has 4 aromatic rings. The van der Waals surface area contributed by atoms with E-state index in [0.717, 1.165) is 46.4 Å². The maximum absolute atomic E-state index is 13.6. The number of nitrogens with one attached hydrogen (secondary N) is 2. The third kappa shape index (κ3) is 4.13. The first-order valence-corrected chi connectivity index (χ1v) is 10.7. The summed E-state index contributed by atoms with van der Waals surface area (Å²) in [5.74, 6) is -0.634. The molecule has 0 radical (unpaired) electrons. The predicted octanol–water partition coefficient (Wildman–Crippen LogP) is 2.89. The highest BCUT2D eigenvalue weighted by Gasteiger charge is 2.33. The lowest BCUT2D eigenvalue weighted by atomic mass is 9.95. The van der Waals surface area contributed by atoms with E-state index in [9.17, 15) is 9.18 Å². The Balaban J connectivity index is 1.27. The molecule has 7 nitrogen and oxygen atoms in total. The standard InChI is InChI=1S/C24H25FN6O/c1-30-13-18-14-31(12-16-3-2-7-26-10-16)15-21(23(18)29-30)24(32)27-8-6-17-11-28-22-5-4-19(25)9-20(17)22/h2-5,7,9-11,13,21,28H,6,8,12,14-15H2,1H3,(H,27,32)/t21-/m1/s1. The number of nitrogens with zero attached hydrogens (tertiary/aromatic N) is 4. The van der Waals surface area contributed by atoms with Crippen LogP contribution in [0.2, 0.25) is 0 Å². The average molecular weight is 433 g/mol. The molecule has 0 fully saturated rings. The lowest BCUT2D eigenvalue weighted by Gasteiger charge is -2.31. The highest BCUT2D eigenvalue weighted by atomic mass is 19.1. The first kappa shape index (κ1) is 20.4. The van der Waals surface area contributed by atoms with Crippen molar-refractivity contribution in [3.8, 4) is 0 Å². The second kappa shape index (κ2) is 8.55. The van der Waals surface area contributed by atoms with Crippen LogP contribution < -0.4 is 5.32 Å². The highest BCUT2D eigenvalue weighted by Crippen LogP contribution is 2.28. The summed E-state index contributed by atoms with van der Waals surface area (Å²) in [7, 11) is 1.88. The Hall–Kier alpha value is -3.52. The number of aromatic amines is 1. The summed E-state index contributed by atoms with van der Waals surface area (Å²) in [5, 5.41) is 8.50. The van der Waals surface area contributed by atoms with Crippen molar-refractivity contribution in [2.24, 2.45) is 7.05 Å². The molecule has 8 heteroatoms. The zero-order valence-corrected chi connectivity index (χ0v) is 17.9. The van der Waals surface area contributed by atoms with E-state index in [1.54, 1.807) is 16.9 Å². The van der Waals surface area contributed by atoms with Gasteiger partial charge >= 0.3 is 0 Å². The van der Waals surface area contributed by atoms with Crippen molar-refractivity contribution in [1.29, 1.82) is 0 Å². The Morgan fingerprint density at radius 3 is 3.09 bits per heavy atom. The number of carbonyl (C=O) groups is 1. The minimum Gasteiger partial charge on any atom is -0.361 e. The first-order chi connectivity index (χ1) is 15.6. The van der Waals surface area contributed by atoms with Gasteiger partial charge in [-0.15, -0.1) is 0 Å². The number of carbonyl (C=O) groups excluding carboxylic acids is 1. The summed E-state index contributed by atoms with van der Waals surface area (Å²) in [4.78, 5) is 22.8. The van der Waals surface area contributed by atoms with Crippen LogP contribution in [-0.4, -0.2) is 43.6 Å². The number of H-pyrrole nitrogens is 1. The van der Waals surface area contributed by atoms with E-state index >= 15 is 0 Å². The summed E-state index contributed by atoms with van der Waals surface area (Å²) in [6, 6.07) is 8.67. The Morgan fingerprint density at radius 2 is 2.25 bits per heavy atom. The van der Waals surface area contributed by atoms with E-state index in [1.165, 1.54) is 12.1 Å². The Bertz CT molecular complexity index is 1250. The quantitative estimate of drug-likeness (QED) is 0.491. The van der Waals surface area contributed by atoms with Crippen LogP contribution in [-0.2, 0) is 31.4 Å². The monoisotopic (exact) mass is 432 g/mol. The number of hydrogen-bond donors (Lipinski definition) is 2. The lowest BCUT2D eigenvalue weighted by molar-refractivity contribution is -0.123. The van der Waals surface area contributed by atoms with Gasteiger partial charge in [-0.3, -0.25) is 19.4 Å². The van der Waals surface area contributed by atoms with E-state index in [4.69, 9.17) is 0 Å². The normalized spacial score (nSPS) is 16.2. The van der Waals surface area contributed by atoms with E-state index in [-0.39, 0.29) is 17.6 Å². The molecule has 0 bridgehead atoms. The average Bonchev–Trinajstić information content (AvgIpc) is 3.36. The zero-order chi connectivity index (χ0) is 22.1. The van der Waals surface area contributed by atoms with Gasteiger partial charge in [0.05, 0.1) is 11.6 Å². The van der Waals surface area contributed by atoms with Crippen molar-refractivity contribution in [3.63, 3.8) is 0 Å². The molecule has 5 rings (SSSR count). The molecule has 1 amide bonds. The minimum atomic E-state index is -0.336. The number of hydrogen-bond acceptors (Lipinski definition) is 4. The number of rotatable bonds is 6. The summed E-state index contributed by atoms with van der Waals surface area (Å²) in [6.45, 7) is 2.56. The maximum atomic E-state index is 13.6. The van der Waals surface area contributed by atoms with Crippen LogP contribution in [0.3, 0.4) is 0 Å². The fourth-order valence-corrected chi connectivity index (χ4v) is 4.50. The number of aryl methyl sites for hydroxylation is 1. The van der Waals surface area contributed by atoms with Crippen LogP contribution in [0.25, 0.3) is 10.9 Å². The number of halogens is 1. The SMILES string of the molecule is Cn1cc2c(n1)[C@H](C(=O)NCCc1c[nH]c3ccc(F)cc13)CN(Cc1cccnc1)C2. The smallest absolute Gasteiger partial charge is 0.230 e. The molecule has 3 aromatic heterocycles. The molecule has 1 atom stereocenters. The highest BCUT2D eigenvalue weighted by molar-refractivity contribution is 5.85. The van der Waals surface area contributed by atoms with E-state index in [0.29, 0.717) is 19.5 Å². The van der Waals surface area contributed by atoms with Crippen LogP contribution >= 0.6 is 0 Å². The fourth-order valence-electron chi connectivity index (χ4n) is 4.50. The van der Waals surface area contributed by atoms with Gasteiger partial charge in [-0.05, 0) is 41.8 Å². The molecule has 1 aliphatic rings. The molecule has 0 spiro atoms. The summed E-state index contributed by atoms with van der Waals surface area (Å²) >= 11 is 0. The molecule has 4 heterocycles. The summed E-state index contributed by atoms with van der Waals surface area (Å²) in [5.41, 5.74) is 4.92. The van der Waals surface area contributed by atoms with Crippen LogP contribution in [0.4, 0.5) is 4.39 Å². The first-order valence-electron chi connectivity index (χ1n) is 10.7. The Labute approximate surface area is 185 Å². The number of aromatic nitrogens is 4. The van der Waals surface area contributed by atoms with Gasteiger partial charge in [-0.25, -0.2) is 4.39 Å². The van der Waals surface area contributed by atoms with Gasteiger partial charge in [0.1, 0.15) is 5.82 Å². The molecule has 0 aliphatic carbocycles. The number of benzene rings is 1. The topological polar surface area (TPSA) is 78.8 Å². The molecular formula is C24H25FN6O. The van der Waals surface area contributed by atoms with E-state index in [1.807, 2.05) is 37.8 Å². The van der Waals surface area contributed by atoms with Gasteiger partial charge < -0.3 is 10.3 Å². The number of amides is 1. The van der Waals surface area contributed by atoms with Crippen LogP contribution in [0, 0.1) is 5.82 Å². The molecule has 0 saturated heterocycles. The molecule has 164 valence electrons. The van der Waals surface area contributed by atoms with Gasteiger partial charge in [0.25, 0.3) is 0 Å². The maximum Gasteiger partial charge on any atom is 0.230 e. The largest absolute Gasteiger partial charge is 0.361 e. The zero-order valence-electron chi connectivity index (χ0n) is 17.9. The summed E-state index contributed by atoms with van der Waals surface area (Å²) in [6.07, 6.45) is 8.11. The molecule has 1 aromatic carbocycles. The third-order valence-electron chi connectivity index (χ3n) is 5.97. The number of fused-ring (bicyclic) bond motifs is 2. The molecule has 32 heavy (non-hydrogen) atoms. The molecule has 2 N–H and O–H groups in total. The molecule has 1 aliphatic heterocycles. The lowest BCUT2D eigenvalue weighted by Crippen LogP contribution is -2.41. The van der Waals surface area contributed by atoms with Gasteiger partial charge in [-0.1, -0.05) is 6.07 Å². The van der Waals surface area contributed by atoms with Crippen LogP contribution in [0.5, 0.6) is 0 Å². The molecule has 0 unspecified atom stereocenters.